The van der Waals surface area contributed by atoms with Crippen molar-refractivity contribution in [3.63, 3.8) is 0 Å². The first-order chi connectivity index (χ1) is 12.8. The molecule has 7 nitrogen and oxygen atoms in total. The van der Waals surface area contributed by atoms with Gasteiger partial charge in [-0.1, -0.05) is 6.07 Å². The van der Waals surface area contributed by atoms with Crippen molar-refractivity contribution in [1.82, 2.24) is 25.1 Å². The molecule has 1 atom stereocenters. The highest BCUT2D eigenvalue weighted by atomic mass is 16.4. The summed E-state index contributed by atoms with van der Waals surface area (Å²) in [5.74, 6) is 1.33. The molecule has 0 bridgehead atoms. The summed E-state index contributed by atoms with van der Waals surface area (Å²) in [6, 6.07) is 9.40. The number of rotatable bonds is 5. The fraction of sp³-hybridized carbons (Fsp3) is 0.368. The molecule has 0 amide bonds. The van der Waals surface area contributed by atoms with Crippen LogP contribution >= 0.6 is 0 Å². The van der Waals surface area contributed by atoms with Gasteiger partial charge >= 0.3 is 0 Å². The number of aliphatic hydroxyl groups is 1. The third kappa shape index (κ3) is 3.79. The maximum absolute atomic E-state index is 10.5. The maximum atomic E-state index is 10.5. The topological polar surface area (TPSA) is 88.2 Å². The Kier molecular flexibility index (Phi) is 4.99. The van der Waals surface area contributed by atoms with Crippen molar-refractivity contribution in [1.29, 1.82) is 0 Å². The van der Waals surface area contributed by atoms with Gasteiger partial charge in [0.1, 0.15) is 0 Å². The second-order valence-corrected chi connectivity index (χ2v) is 6.56. The van der Waals surface area contributed by atoms with Crippen LogP contribution in [-0.4, -0.2) is 43.3 Å². The molecule has 4 rings (SSSR count). The summed E-state index contributed by atoms with van der Waals surface area (Å²) in [7, 11) is 0. The SMILES string of the molecule is O[C@H](c1ccccn1)C1CCN(Cc2nnc(-c3cccnc3)o2)CC1. The first kappa shape index (κ1) is 16.8. The zero-order valence-electron chi connectivity index (χ0n) is 14.4. The summed E-state index contributed by atoms with van der Waals surface area (Å²) in [6.45, 7) is 2.40. The van der Waals surface area contributed by atoms with Crippen LogP contribution in [0.4, 0.5) is 0 Å². The lowest BCUT2D eigenvalue weighted by Crippen LogP contribution is -2.35. The van der Waals surface area contributed by atoms with Crippen molar-refractivity contribution < 1.29 is 9.52 Å². The van der Waals surface area contributed by atoms with Crippen LogP contribution in [0.2, 0.25) is 0 Å². The van der Waals surface area contributed by atoms with Gasteiger partial charge in [-0.05, 0) is 56.1 Å². The molecule has 4 heterocycles. The highest BCUT2D eigenvalue weighted by Crippen LogP contribution is 2.30. The molecular formula is C19H21N5O2. The van der Waals surface area contributed by atoms with Gasteiger partial charge in [0.2, 0.25) is 11.8 Å². The van der Waals surface area contributed by atoms with E-state index in [1.54, 1.807) is 18.6 Å². The van der Waals surface area contributed by atoms with E-state index in [1.165, 1.54) is 0 Å². The smallest absolute Gasteiger partial charge is 0.249 e. The van der Waals surface area contributed by atoms with Gasteiger partial charge in [0, 0.05) is 18.6 Å². The number of likely N-dealkylation sites (tertiary alicyclic amines) is 1. The number of piperidine rings is 1. The second kappa shape index (κ2) is 7.72. The Morgan fingerprint density at radius 2 is 2.00 bits per heavy atom. The summed E-state index contributed by atoms with van der Waals surface area (Å²) in [6.07, 6.45) is 6.48. The molecular weight excluding hydrogens is 330 g/mol. The molecule has 26 heavy (non-hydrogen) atoms. The number of hydrogen-bond acceptors (Lipinski definition) is 7. The largest absolute Gasteiger partial charge is 0.419 e. The van der Waals surface area contributed by atoms with Crippen molar-refractivity contribution in [2.75, 3.05) is 13.1 Å². The Hall–Kier alpha value is -2.64. The number of nitrogens with zero attached hydrogens (tertiary/aromatic N) is 5. The standard InChI is InChI=1S/C19H21N5O2/c25-18(16-5-1-2-9-21-16)14-6-10-24(11-7-14)13-17-22-23-19(26-17)15-4-3-8-20-12-15/h1-5,8-9,12,14,18,25H,6-7,10-11,13H2/t18-/m0/s1. The van der Waals surface area contributed by atoms with E-state index in [9.17, 15) is 5.11 Å². The average molecular weight is 351 g/mol. The van der Waals surface area contributed by atoms with Crippen LogP contribution in [0.1, 0.15) is 30.5 Å². The Morgan fingerprint density at radius 1 is 1.12 bits per heavy atom. The monoisotopic (exact) mass is 351 g/mol. The molecule has 1 aliphatic rings. The first-order valence-electron chi connectivity index (χ1n) is 8.84. The van der Waals surface area contributed by atoms with E-state index in [1.807, 2.05) is 30.3 Å². The summed E-state index contributed by atoms with van der Waals surface area (Å²) in [5, 5.41) is 18.8. The molecule has 3 aromatic heterocycles. The highest BCUT2D eigenvalue weighted by Gasteiger charge is 2.27. The minimum atomic E-state index is -0.501. The Labute approximate surface area is 151 Å². The molecule has 1 aliphatic heterocycles. The van der Waals surface area contributed by atoms with Crippen molar-refractivity contribution in [2.45, 2.75) is 25.5 Å². The third-order valence-corrected chi connectivity index (χ3v) is 4.80. The predicted octanol–water partition coefficient (Wildman–Crippen LogP) is 2.47. The van der Waals surface area contributed by atoms with Crippen LogP contribution in [-0.2, 0) is 6.54 Å². The Bertz CT molecular complexity index is 816. The van der Waals surface area contributed by atoms with E-state index >= 15 is 0 Å². The van der Waals surface area contributed by atoms with Crippen LogP contribution in [0.5, 0.6) is 0 Å². The minimum absolute atomic E-state index is 0.231. The zero-order chi connectivity index (χ0) is 17.8. The van der Waals surface area contributed by atoms with Crippen molar-refractivity contribution in [3.05, 3.63) is 60.5 Å². The first-order valence-corrected chi connectivity index (χ1v) is 8.84. The lowest BCUT2D eigenvalue weighted by atomic mass is 9.89. The van der Waals surface area contributed by atoms with Crippen LogP contribution in [0.3, 0.4) is 0 Å². The summed E-state index contributed by atoms with van der Waals surface area (Å²) >= 11 is 0. The summed E-state index contributed by atoms with van der Waals surface area (Å²) in [4.78, 5) is 10.6. The molecule has 0 aliphatic carbocycles. The van der Waals surface area contributed by atoms with Gasteiger partial charge in [-0.3, -0.25) is 14.9 Å². The molecule has 0 unspecified atom stereocenters. The second-order valence-electron chi connectivity index (χ2n) is 6.56. The normalized spacial score (nSPS) is 17.3. The average Bonchev–Trinajstić information content (AvgIpc) is 3.18. The third-order valence-electron chi connectivity index (χ3n) is 4.80. The molecule has 134 valence electrons. The number of pyridine rings is 2. The molecule has 0 spiro atoms. The van der Waals surface area contributed by atoms with Gasteiger partial charge in [-0.15, -0.1) is 10.2 Å². The minimum Gasteiger partial charge on any atom is -0.419 e. The van der Waals surface area contributed by atoms with Gasteiger partial charge in [-0.2, -0.15) is 0 Å². The fourth-order valence-corrected chi connectivity index (χ4v) is 3.33. The fourth-order valence-electron chi connectivity index (χ4n) is 3.33. The van der Waals surface area contributed by atoms with Gasteiger partial charge < -0.3 is 9.52 Å². The summed E-state index contributed by atoms with van der Waals surface area (Å²) < 4.78 is 5.75. The van der Waals surface area contributed by atoms with Gasteiger partial charge in [0.05, 0.1) is 23.9 Å². The molecule has 0 radical (unpaired) electrons. The van der Waals surface area contributed by atoms with E-state index in [0.717, 1.165) is 37.2 Å². The van der Waals surface area contributed by atoms with Crippen LogP contribution in [0, 0.1) is 5.92 Å². The highest BCUT2D eigenvalue weighted by molar-refractivity contribution is 5.49. The zero-order valence-corrected chi connectivity index (χ0v) is 14.4. The van der Waals surface area contributed by atoms with Crippen LogP contribution in [0.25, 0.3) is 11.5 Å². The summed E-state index contributed by atoms with van der Waals surface area (Å²) in [5.41, 5.74) is 1.58. The lowest BCUT2D eigenvalue weighted by molar-refractivity contribution is 0.0517. The Morgan fingerprint density at radius 3 is 2.73 bits per heavy atom. The molecule has 1 N–H and O–H groups in total. The predicted molar refractivity (Wildman–Crippen MR) is 94.7 cm³/mol. The number of aliphatic hydroxyl groups excluding tert-OH is 1. The lowest BCUT2D eigenvalue weighted by Gasteiger charge is -2.33. The van der Waals surface area contributed by atoms with E-state index in [-0.39, 0.29) is 5.92 Å². The molecule has 7 heteroatoms. The van der Waals surface area contributed by atoms with Crippen molar-refractivity contribution in [2.24, 2.45) is 5.92 Å². The van der Waals surface area contributed by atoms with E-state index in [0.29, 0.717) is 18.3 Å². The molecule has 1 fully saturated rings. The van der Waals surface area contributed by atoms with Gasteiger partial charge in [-0.25, -0.2) is 0 Å². The van der Waals surface area contributed by atoms with E-state index < -0.39 is 6.10 Å². The number of aromatic nitrogens is 4. The van der Waals surface area contributed by atoms with E-state index in [2.05, 4.69) is 25.1 Å². The molecule has 3 aromatic rings. The van der Waals surface area contributed by atoms with Crippen LogP contribution < -0.4 is 0 Å². The van der Waals surface area contributed by atoms with Crippen LogP contribution in [0.15, 0.2) is 53.3 Å². The Balaban J connectivity index is 1.32. The molecule has 1 saturated heterocycles. The van der Waals surface area contributed by atoms with Gasteiger partial charge in [0.25, 0.3) is 0 Å². The molecule has 0 saturated carbocycles. The maximum Gasteiger partial charge on any atom is 0.249 e. The van der Waals surface area contributed by atoms with Crippen molar-refractivity contribution in [3.8, 4) is 11.5 Å². The number of hydrogen-bond donors (Lipinski definition) is 1. The molecule has 0 aromatic carbocycles. The quantitative estimate of drug-likeness (QED) is 0.755. The van der Waals surface area contributed by atoms with Crippen molar-refractivity contribution >= 4 is 0 Å². The van der Waals surface area contributed by atoms with Gasteiger partial charge in [0.15, 0.2) is 0 Å². The van der Waals surface area contributed by atoms with E-state index in [4.69, 9.17) is 4.42 Å².